The fourth-order valence-electron chi connectivity index (χ4n) is 2.60. The molecule has 1 aromatic heterocycles. The average molecular weight is 317 g/mol. The van der Waals surface area contributed by atoms with Gasteiger partial charge >= 0.3 is 5.97 Å². The highest BCUT2D eigenvalue weighted by molar-refractivity contribution is 6.04. The van der Waals surface area contributed by atoms with E-state index in [1.54, 1.807) is 43.8 Å². The third kappa shape index (κ3) is 2.67. The number of aldehydes is 1. The van der Waals surface area contributed by atoms with E-state index in [-0.39, 0.29) is 0 Å². The van der Waals surface area contributed by atoms with Crippen LogP contribution in [-0.4, -0.2) is 38.2 Å². The smallest absolute Gasteiger partial charge is 0.340 e. The number of carbonyl (C=O) groups is 2. The molecule has 0 aliphatic heterocycles. The van der Waals surface area contributed by atoms with Gasteiger partial charge in [-0.1, -0.05) is 6.07 Å². The summed E-state index contributed by atoms with van der Waals surface area (Å²) in [6, 6.07) is 5.23. The Morgan fingerprint density at radius 1 is 1.13 bits per heavy atom. The second kappa shape index (κ2) is 6.56. The monoisotopic (exact) mass is 317 g/mol. The molecule has 0 N–H and O–H groups in total. The summed E-state index contributed by atoms with van der Waals surface area (Å²) in [6.07, 6.45) is 0.728. The number of rotatable bonds is 5. The van der Waals surface area contributed by atoms with Crippen molar-refractivity contribution in [2.45, 2.75) is 6.92 Å². The first kappa shape index (κ1) is 16.6. The van der Waals surface area contributed by atoms with Gasteiger partial charge in [-0.05, 0) is 24.6 Å². The van der Waals surface area contributed by atoms with Crippen molar-refractivity contribution >= 4 is 12.3 Å². The zero-order valence-electron chi connectivity index (χ0n) is 13.8. The molecule has 0 unspecified atom stereocenters. The van der Waals surface area contributed by atoms with Crippen LogP contribution in [0.25, 0.3) is 11.1 Å². The standard InChI is InChI=1S/C17H19NO5/c1-10-15(17(20)23-5)16(12(9-19)18(10)2)11-6-7-13(21-3)14(8-11)22-4/h6-9H,1-5H3. The lowest BCUT2D eigenvalue weighted by Gasteiger charge is -2.10. The van der Waals surface area contributed by atoms with Gasteiger partial charge in [0.15, 0.2) is 17.8 Å². The van der Waals surface area contributed by atoms with Crippen molar-refractivity contribution in [2.24, 2.45) is 7.05 Å². The van der Waals surface area contributed by atoms with Gasteiger partial charge in [0.05, 0.1) is 32.6 Å². The lowest BCUT2D eigenvalue weighted by atomic mass is 10.00. The number of carbonyl (C=O) groups excluding carboxylic acids is 2. The van der Waals surface area contributed by atoms with E-state index in [1.807, 2.05) is 0 Å². The largest absolute Gasteiger partial charge is 0.493 e. The van der Waals surface area contributed by atoms with Crippen molar-refractivity contribution in [3.63, 3.8) is 0 Å². The highest BCUT2D eigenvalue weighted by atomic mass is 16.5. The van der Waals surface area contributed by atoms with Gasteiger partial charge in [-0.15, -0.1) is 0 Å². The summed E-state index contributed by atoms with van der Waals surface area (Å²) in [5.74, 6) is 0.589. The molecule has 0 spiro atoms. The predicted octanol–water partition coefficient (Wildman–Crippen LogP) is 2.62. The molecule has 23 heavy (non-hydrogen) atoms. The normalized spacial score (nSPS) is 10.3. The molecule has 6 nitrogen and oxygen atoms in total. The van der Waals surface area contributed by atoms with E-state index in [2.05, 4.69) is 0 Å². The maximum atomic E-state index is 12.2. The van der Waals surface area contributed by atoms with Gasteiger partial charge in [-0.3, -0.25) is 4.79 Å². The average Bonchev–Trinajstić information content (AvgIpc) is 2.84. The van der Waals surface area contributed by atoms with E-state index >= 15 is 0 Å². The first-order valence-corrected chi connectivity index (χ1v) is 6.95. The number of ether oxygens (including phenoxy) is 3. The summed E-state index contributed by atoms with van der Waals surface area (Å²) < 4.78 is 17.1. The van der Waals surface area contributed by atoms with Crippen LogP contribution in [0.4, 0.5) is 0 Å². The molecule has 0 amide bonds. The highest BCUT2D eigenvalue weighted by Gasteiger charge is 2.25. The van der Waals surface area contributed by atoms with Crippen molar-refractivity contribution in [3.8, 4) is 22.6 Å². The van der Waals surface area contributed by atoms with Gasteiger partial charge in [0, 0.05) is 18.3 Å². The molecule has 0 fully saturated rings. The molecule has 0 atom stereocenters. The van der Waals surface area contributed by atoms with Crippen LogP contribution in [0.3, 0.4) is 0 Å². The van der Waals surface area contributed by atoms with Gasteiger partial charge in [0.1, 0.15) is 0 Å². The van der Waals surface area contributed by atoms with Gasteiger partial charge in [0.2, 0.25) is 0 Å². The third-order valence-electron chi connectivity index (χ3n) is 3.91. The minimum absolute atomic E-state index is 0.365. The summed E-state index contributed by atoms with van der Waals surface area (Å²) in [4.78, 5) is 23.7. The van der Waals surface area contributed by atoms with E-state index in [4.69, 9.17) is 14.2 Å². The summed E-state index contributed by atoms with van der Waals surface area (Å²) in [7, 11) is 6.12. The van der Waals surface area contributed by atoms with Gasteiger partial charge in [-0.25, -0.2) is 4.79 Å². The van der Waals surface area contributed by atoms with E-state index < -0.39 is 5.97 Å². The second-order valence-corrected chi connectivity index (χ2v) is 4.96. The maximum absolute atomic E-state index is 12.2. The summed E-state index contributed by atoms with van der Waals surface area (Å²) in [6.45, 7) is 1.77. The van der Waals surface area contributed by atoms with E-state index in [1.165, 1.54) is 14.2 Å². The Morgan fingerprint density at radius 3 is 2.30 bits per heavy atom. The van der Waals surface area contributed by atoms with E-state index in [9.17, 15) is 9.59 Å². The molecule has 1 aromatic carbocycles. The van der Waals surface area contributed by atoms with Crippen LogP contribution < -0.4 is 9.47 Å². The van der Waals surface area contributed by atoms with Crippen LogP contribution in [0, 0.1) is 6.92 Å². The SMILES string of the molecule is COC(=O)c1c(-c2ccc(OC)c(OC)c2)c(C=O)n(C)c1C. The lowest BCUT2D eigenvalue weighted by molar-refractivity contribution is 0.0600. The number of methoxy groups -OCH3 is 3. The number of benzene rings is 1. The van der Waals surface area contributed by atoms with Crippen LogP contribution in [0.5, 0.6) is 11.5 Å². The molecule has 2 rings (SSSR count). The topological polar surface area (TPSA) is 66.8 Å². The minimum atomic E-state index is -0.490. The Hall–Kier alpha value is -2.76. The van der Waals surface area contributed by atoms with Crippen LogP contribution in [0.15, 0.2) is 18.2 Å². The predicted molar refractivity (Wildman–Crippen MR) is 85.4 cm³/mol. The quantitative estimate of drug-likeness (QED) is 0.626. The van der Waals surface area contributed by atoms with Crippen LogP contribution >= 0.6 is 0 Å². The van der Waals surface area contributed by atoms with Crippen molar-refractivity contribution in [1.82, 2.24) is 4.57 Å². The fraction of sp³-hybridized carbons (Fsp3) is 0.294. The lowest BCUT2D eigenvalue weighted by Crippen LogP contribution is -2.04. The number of hydrogen-bond acceptors (Lipinski definition) is 5. The first-order valence-electron chi connectivity index (χ1n) is 6.95. The molecule has 6 heteroatoms. The van der Waals surface area contributed by atoms with Crippen LogP contribution in [0.1, 0.15) is 26.5 Å². The van der Waals surface area contributed by atoms with E-state index in [0.29, 0.717) is 39.6 Å². The summed E-state index contributed by atoms with van der Waals surface area (Å²) >= 11 is 0. The molecule has 0 radical (unpaired) electrons. The Labute approximate surface area is 134 Å². The Bertz CT molecular complexity index is 761. The Morgan fingerprint density at radius 2 is 1.78 bits per heavy atom. The number of esters is 1. The molecule has 2 aromatic rings. The van der Waals surface area contributed by atoms with Gasteiger partial charge < -0.3 is 18.8 Å². The Kier molecular flexibility index (Phi) is 4.74. The number of hydrogen-bond donors (Lipinski definition) is 0. The Balaban J connectivity index is 2.79. The zero-order chi connectivity index (χ0) is 17.1. The van der Waals surface area contributed by atoms with Crippen molar-refractivity contribution in [1.29, 1.82) is 0 Å². The molecule has 122 valence electrons. The van der Waals surface area contributed by atoms with E-state index in [0.717, 1.165) is 6.29 Å². The summed E-state index contributed by atoms with van der Waals surface area (Å²) in [5.41, 5.74) is 2.62. The highest BCUT2D eigenvalue weighted by Crippen LogP contribution is 2.37. The summed E-state index contributed by atoms with van der Waals surface area (Å²) in [5, 5.41) is 0. The van der Waals surface area contributed by atoms with Crippen molar-refractivity contribution < 1.29 is 23.8 Å². The second-order valence-electron chi connectivity index (χ2n) is 4.96. The third-order valence-corrected chi connectivity index (χ3v) is 3.91. The maximum Gasteiger partial charge on any atom is 0.340 e. The van der Waals surface area contributed by atoms with Gasteiger partial charge in [0.25, 0.3) is 0 Å². The van der Waals surface area contributed by atoms with Crippen molar-refractivity contribution in [2.75, 3.05) is 21.3 Å². The molecule has 0 aliphatic rings. The molecular formula is C17H19NO5. The number of aromatic nitrogens is 1. The fourth-order valence-corrected chi connectivity index (χ4v) is 2.60. The first-order chi connectivity index (χ1) is 11.0. The molecule has 1 heterocycles. The minimum Gasteiger partial charge on any atom is -0.493 e. The zero-order valence-corrected chi connectivity index (χ0v) is 13.8. The molecule has 0 aliphatic carbocycles. The van der Waals surface area contributed by atoms with Crippen LogP contribution in [0.2, 0.25) is 0 Å². The molecule has 0 saturated carbocycles. The van der Waals surface area contributed by atoms with Crippen LogP contribution in [-0.2, 0) is 11.8 Å². The number of nitrogens with zero attached hydrogens (tertiary/aromatic N) is 1. The van der Waals surface area contributed by atoms with Gasteiger partial charge in [-0.2, -0.15) is 0 Å². The molecule has 0 bridgehead atoms. The molecular weight excluding hydrogens is 298 g/mol. The van der Waals surface area contributed by atoms with Crippen molar-refractivity contribution in [3.05, 3.63) is 35.2 Å². The molecule has 0 saturated heterocycles.